The van der Waals surface area contributed by atoms with Gasteiger partial charge in [0.25, 0.3) is 5.91 Å². The van der Waals surface area contributed by atoms with Crippen molar-refractivity contribution in [3.8, 4) is 5.75 Å². The van der Waals surface area contributed by atoms with E-state index in [0.29, 0.717) is 40.3 Å². The van der Waals surface area contributed by atoms with Crippen LogP contribution in [0.4, 0.5) is 11.4 Å². The van der Waals surface area contributed by atoms with Gasteiger partial charge in [-0.1, -0.05) is 53.0 Å². The molecular formula is C27H25Cl2N3O4. The summed E-state index contributed by atoms with van der Waals surface area (Å²) < 4.78 is 5.54. The van der Waals surface area contributed by atoms with Crippen molar-refractivity contribution < 1.29 is 19.1 Å². The van der Waals surface area contributed by atoms with Crippen molar-refractivity contribution in [2.75, 3.05) is 23.4 Å². The number of aryl methyl sites for hydroxylation is 1. The Morgan fingerprint density at radius 1 is 1.03 bits per heavy atom. The van der Waals surface area contributed by atoms with Crippen LogP contribution in [0, 0.1) is 12.8 Å². The third kappa shape index (κ3) is 6.56. The molecule has 0 radical (unpaired) electrons. The highest BCUT2D eigenvalue weighted by molar-refractivity contribution is 6.36. The average molecular weight is 526 g/mol. The number of amides is 3. The molecule has 3 aromatic rings. The molecule has 7 nitrogen and oxygen atoms in total. The molecule has 9 heteroatoms. The highest BCUT2D eigenvalue weighted by Gasteiger charge is 2.35. The Morgan fingerprint density at radius 2 is 1.75 bits per heavy atom. The van der Waals surface area contributed by atoms with Crippen LogP contribution in [0.25, 0.3) is 0 Å². The van der Waals surface area contributed by atoms with Gasteiger partial charge in [-0.15, -0.1) is 0 Å². The quantitative estimate of drug-likeness (QED) is 0.433. The lowest BCUT2D eigenvalue weighted by Gasteiger charge is -2.17. The van der Waals surface area contributed by atoms with Gasteiger partial charge in [-0.3, -0.25) is 14.4 Å². The van der Waals surface area contributed by atoms with Gasteiger partial charge in [0.2, 0.25) is 11.8 Å². The number of anilines is 2. The summed E-state index contributed by atoms with van der Waals surface area (Å²) in [6.45, 7) is 2.52. The summed E-state index contributed by atoms with van der Waals surface area (Å²) in [5.74, 6) is -0.577. The largest absolute Gasteiger partial charge is 0.484 e. The van der Waals surface area contributed by atoms with Gasteiger partial charge in [0.15, 0.2) is 6.61 Å². The van der Waals surface area contributed by atoms with Crippen molar-refractivity contribution in [2.24, 2.45) is 5.92 Å². The fourth-order valence-corrected chi connectivity index (χ4v) is 4.28. The van der Waals surface area contributed by atoms with Gasteiger partial charge < -0.3 is 20.3 Å². The smallest absolute Gasteiger partial charge is 0.262 e. The van der Waals surface area contributed by atoms with Gasteiger partial charge >= 0.3 is 0 Å². The normalized spacial score (nSPS) is 15.0. The first-order valence-corrected chi connectivity index (χ1v) is 12.2. The predicted molar refractivity (Wildman–Crippen MR) is 141 cm³/mol. The van der Waals surface area contributed by atoms with Crippen molar-refractivity contribution in [3.05, 3.63) is 87.9 Å². The number of nitrogens with zero attached hydrogens (tertiary/aromatic N) is 1. The second-order valence-electron chi connectivity index (χ2n) is 8.56. The van der Waals surface area contributed by atoms with Crippen LogP contribution in [-0.2, 0) is 20.9 Å². The van der Waals surface area contributed by atoms with Gasteiger partial charge in [-0.25, -0.2) is 0 Å². The van der Waals surface area contributed by atoms with Gasteiger partial charge in [-0.2, -0.15) is 0 Å². The van der Waals surface area contributed by atoms with Crippen LogP contribution in [0.15, 0.2) is 66.7 Å². The summed E-state index contributed by atoms with van der Waals surface area (Å²) in [5, 5.41) is 6.39. The zero-order valence-corrected chi connectivity index (χ0v) is 21.1. The number of hydrogen-bond acceptors (Lipinski definition) is 4. The van der Waals surface area contributed by atoms with Crippen LogP contribution < -0.4 is 20.3 Å². The molecule has 1 aliphatic rings. The minimum Gasteiger partial charge on any atom is -0.484 e. The molecule has 0 bridgehead atoms. The van der Waals surface area contributed by atoms with Gasteiger partial charge in [0.05, 0.1) is 16.6 Å². The fraction of sp³-hybridized carbons (Fsp3) is 0.222. The number of benzene rings is 3. The van der Waals surface area contributed by atoms with Crippen LogP contribution in [0.3, 0.4) is 0 Å². The Kier molecular flexibility index (Phi) is 8.13. The lowest BCUT2D eigenvalue weighted by molar-refractivity contribution is -0.126. The maximum atomic E-state index is 12.6. The van der Waals surface area contributed by atoms with E-state index in [1.165, 1.54) is 6.07 Å². The zero-order valence-electron chi connectivity index (χ0n) is 19.6. The standard InChI is InChI=1S/C27H25Cl2N3O4/c1-17-2-4-18(5-3-17)14-30-27(35)19-12-26(34)32(15-19)21-7-9-22(10-8-21)36-16-25(33)31-24-11-6-20(28)13-23(24)29/h2-11,13,19H,12,14-16H2,1H3,(H,30,35)(H,31,33)/t19-/m0/s1. The molecule has 1 fully saturated rings. The highest BCUT2D eigenvalue weighted by Crippen LogP contribution is 2.28. The monoisotopic (exact) mass is 525 g/mol. The summed E-state index contributed by atoms with van der Waals surface area (Å²) in [6.07, 6.45) is 0.158. The highest BCUT2D eigenvalue weighted by atomic mass is 35.5. The summed E-state index contributed by atoms with van der Waals surface area (Å²) in [5.41, 5.74) is 3.27. The van der Waals surface area contributed by atoms with Crippen LogP contribution in [0.1, 0.15) is 17.5 Å². The number of halogens is 2. The molecule has 1 heterocycles. The molecular weight excluding hydrogens is 501 g/mol. The van der Waals surface area contributed by atoms with Gasteiger partial charge in [0.1, 0.15) is 5.75 Å². The molecule has 0 aromatic heterocycles. The maximum absolute atomic E-state index is 12.6. The first-order valence-electron chi connectivity index (χ1n) is 11.4. The molecule has 0 saturated carbocycles. The Bertz CT molecular complexity index is 1260. The van der Waals surface area contributed by atoms with Crippen molar-refractivity contribution in [1.82, 2.24) is 5.32 Å². The molecule has 0 spiro atoms. The van der Waals surface area contributed by atoms with Crippen molar-refractivity contribution in [3.63, 3.8) is 0 Å². The number of hydrogen-bond donors (Lipinski definition) is 2. The van der Waals surface area contributed by atoms with E-state index in [0.717, 1.165) is 11.1 Å². The van der Waals surface area contributed by atoms with Crippen molar-refractivity contribution in [2.45, 2.75) is 19.9 Å². The first-order chi connectivity index (χ1) is 17.3. The number of ether oxygens (including phenoxy) is 1. The van der Waals surface area contributed by atoms with Gasteiger partial charge in [0, 0.05) is 30.2 Å². The van der Waals surface area contributed by atoms with Crippen LogP contribution in [-0.4, -0.2) is 30.9 Å². The van der Waals surface area contributed by atoms with E-state index in [2.05, 4.69) is 10.6 Å². The Labute approximate surface area is 219 Å². The van der Waals surface area contributed by atoms with Crippen LogP contribution in [0.2, 0.25) is 10.0 Å². The van der Waals surface area contributed by atoms with E-state index in [-0.39, 0.29) is 30.7 Å². The van der Waals surface area contributed by atoms with Gasteiger partial charge in [-0.05, 0) is 55.0 Å². The first kappa shape index (κ1) is 25.5. The van der Waals surface area contributed by atoms with E-state index in [4.69, 9.17) is 27.9 Å². The summed E-state index contributed by atoms with van der Waals surface area (Å²) in [7, 11) is 0. The summed E-state index contributed by atoms with van der Waals surface area (Å²) >= 11 is 11.9. The lowest BCUT2D eigenvalue weighted by Crippen LogP contribution is -2.32. The van der Waals surface area contributed by atoms with Crippen molar-refractivity contribution in [1.29, 1.82) is 0 Å². The average Bonchev–Trinajstić information content (AvgIpc) is 3.26. The lowest BCUT2D eigenvalue weighted by atomic mass is 10.1. The number of nitrogens with one attached hydrogen (secondary N) is 2. The van der Waals surface area contributed by atoms with Crippen LogP contribution in [0.5, 0.6) is 5.75 Å². The molecule has 4 rings (SSSR count). The van der Waals surface area contributed by atoms with E-state index in [9.17, 15) is 14.4 Å². The molecule has 36 heavy (non-hydrogen) atoms. The topological polar surface area (TPSA) is 87.7 Å². The summed E-state index contributed by atoms with van der Waals surface area (Å²) in [4.78, 5) is 39.0. The Balaban J connectivity index is 1.27. The fourth-order valence-electron chi connectivity index (χ4n) is 3.82. The molecule has 3 amide bonds. The Morgan fingerprint density at radius 3 is 2.44 bits per heavy atom. The second-order valence-corrected chi connectivity index (χ2v) is 9.41. The molecule has 1 saturated heterocycles. The minimum atomic E-state index is -0.415. The van der Waals surface area contributed by atoms with Crippen LogP contribution >= 0.6 is 23.2 Å². The maximum Gasteiger partial charge on any atom is 0.262 e. The van der Waals surface area contributed by atoms with E-state index >= 15 is 0 Å². The molecule has 0 unspecified atom stereocenters. The van der Waals surface area contributed by atoms with E-state index in [1.54, 1.807) is 41.3 Å². The predicted octanol–water partition coefficient (Wildman–Crippen LogP) is 4.99. The second kappa shape index (κ2) is 11.5. The molecule has 3 aromatic carbocycles. The third-order valence-corrected chi connectivity index (χ3v) is 6.35. The molecule has 1 aliphatic heterocycles. The molecule has 0 aliphatic carbocycles. The van der Waals surface area contributed by atoms with E-state index < -0.39 is 5.92 Å². The molecule has 186 valence electrons. The minimum absolute atomic E-state index is 0.113. The van der Waals surface area contributed by atoms with Crippen molar-refractivity contribution >= 4 is 52.3 Å². The third-order valence-electron chi connectivity index (χ3n) is 5.81. The number of rotatable bonds is 8. The number of carbonyl (C=O) groups is 3. The molecule has 1 atom stereocenters. The zero-order chi connectivity index (χ0) is 25.7. The van der Waals surface area contributed by atoms with E-state index in [1.807, 2.05) is 31.2 Å². The molecule has 2 N–H and O–H groups in total. The number of carbonyl (C=O) groups excluding carboxylic acids is 3. The summed E-state index contributed by atoms with van der Waals surface area (Å²) in [6, 6.07) is 19.5. The Hall–Kier alpha value is -3.55. The SMILES string of the molecule is Cc1ccc(CNC(=O)[C@H]2CC(=O)N(c3ccc(OCC(=O)Nc4ccc(Cl)cc4Cl)cc3)C2)cc1.